The van der Waals surface area contributed by atoms with Crippen LogP contribution in [0.25, 0.3) is 11.4 Å². The fourth-order valence-electron chi connectivity index (χ4n) is 2.61. The van der Waals surface area contributed by atoms with Crippen LogP contribution in [-0.4, -0.2) is 38.1 Å². The lowest BCUT2D eigenvalue weighted by atomic mass is 9.99. The van der Waals surface area contributed by atoms with E-state index in [0.29, 0.717) is 17.6 Å². The van der Waals surface area contributed by atoms with E-state index in [1.807, 2.05) is 36.7 Å². The average molecular weight is 293 g/mol. The maximum Gasteiger partial charge on any atom is 0.232 e. The highest BCUT2D eigenvalue weighted by Crippen LogP contribution is 2.28. The largest absolute Gasteiger partial charge is 0.339 e. The molecule has 0 spiro atoms. The summed E-state index contributed by atoms with van der Waals surface area (Å²) in [5, 5.41) is 4.05. The molecule has 6 heteroatoms. The summed E-state index contributed by atoms with van der Waals surface area (Å²) in [5.41, 5.74) is 2.15. The molecule has 4 rings (SSSR count). The van der Waals surface area contributed by atoms with Gasteiger partial charge in [0.25, 0.3) is 0 Å². The van der Waals surface area contributed by atoms with Crippen molar-refractivity contribution >= 4 is 0 Å². The normalized spacial score (nSPS) is 15.6. The summed E-state index contributed by atoms with van der Waals surface area (Å²) in [7, 11) is 0. The van der Waals surface area contributed by atoms with E-state index < -0.39 is 0 Å². The lowest BCUT2D eigenvalue weighted by Crippen LogP contribution is -2.44. The van der Waals surface area contributed by atoms with E-state index in [1.165, 1.54) is 5.56 Å². The van der Waals surface area contributed by atoms with Gasteiger partial charge in [-0.05, 0) is 29.8 Å². The van der Waals surface area contributed by atoms with Crippen molar-refractivity contribution in [2.45, 2.75) is 12.5 Å². The minimum absolute atomic E-state index is 0.319. The number of pyridine rings is 2. The molecule has 0 atom stereocenters. The zero-order valence-corrected chi connectivity index (χ0v) is 12.0. The number of aromatic nitrogens is 4. The van der Waals surface area contributed by atoms with Gasteiger partial charge in [-0.2, -0.15) is 4.98 Å². The van der Waals surface area contributed by atoms with Crippen LogP contribution in [-0.2, 0) is 6.54 Å². The first-order valence-corrected chi connectivity index (χ1v) is 7.24. The Labute approximate surface area is 127 Å². The Morgan fingerprint density at radius 1 is 1.09 bits per heavy atom. The van der Waals surface area contributed by atoms with E-state index in [2.05, 4.69) is 25.0 Å². The SMILES string of the molecule is c1cncc(-c2noc(C3CN(Cc4ccncc4)C3)n2)c1. The maximum absolute atomic E-state index is 5.40. The van der Waals surface area contributed by atoms with Crippen molar-refractivity contribution in [3.8, 4) is 11.4 Å². The van der Waals surface area contributed by atoms with Gasteiger partial charge in [0.2, 0.25) is 11.7 Å². The smallest absolute Gasteiger partial charge is 0.232 e. The molecule has 0 aromatic carbocycles. The minimum atomic E-state index is 0.319. The molecule has 0 radical (unpaired) electrons. The van der Waals surface area contributed by atoms with E-state index >= 15 is 0 Å². The molecule has 0 saturated carbocycles. The van der Waals surface area contributed by atoms with Gasteiger partial charge in [-0.25, -0.2) is 0 Å². The van der Waals surface area contributed by atoms with Gasteiger partial charge in [0, 0.05) is 50.0 Å². The molecular weight excluding hydrogens is 278 g/mol. The molecule has 6 nitrogen and oxygen atoms in total. The number of nitrogens with zero attached hydrogens (tertiary/aromatic N) is 5. The molecule has 3 aromatic rings. The second-order valence-corrected chi connectivity index (χ2v) is 5.44. The number of hydrogen-bond acceptors (Lipinski definition) is 6. The average Bonchev–Trinajstić information content (AvgIpc) is 3.02. The van der Waals surface area contributed by atoms with Crippen molar-refractivity contribution in [2.24, 2.45) is 0 Å². The van der Waals surface area contributed by atoms with Crippen LogP contribution in [0.3, 0.4) is 0 Å². The Hall–Kier alpha value is -2.60. The van der Waals surface area contributed by atoms with Crippen LogP contribution in [0, 0.1) is 0 Å². The Balaban J connectivity index is 1.38. The van der Waals surface area contributed by atoms with Crippen molar-refractivity contribution in [3.63, 3.8) is 0 Å². The first-order chi connectivity index (χ1) is 10.9. The summed E-state index contributed by atoms with van der Waals surface area (Å²) in [6, 6.07) is 7.88. The van der Waals surface area contributed by atoms with E-state index in [-0.39, 0.29) is 0 Å². The Kier molecular flexibility index (Phi) is 3.36. The molecule has 0 amide bonds. The third-order valence-corrected chi connectivity index (χ3v) is 3.82. The van der Waals surface area contributed by atoms with Gasteiger partial charge in [-0.3, -0.25) is 14.9 Å². The van der Waals surface area contributed by atoms with Crippen LogP contribution in [0.15, 0.2) is 53.6 Å². The quantitative estimate of drug-likeness (QED) is 0.734. The van der Waals surface area contributed by atoms with Crippen LogP contribution in [0.1, 0.15) is 17.4 Å². The lowest BCUT2D eigenvalue weighted by Gasteiger charge is -2.37. The molecule has 0 unspecified atom stereocenters. The van der Waals surface area contributed by atoms with Gasteiger partial charge in [0.05, 0.1) is 5.92 Å². The van der Waals surface area contributed by atoms with Crippen LogP contribution in [0.5, 0.6) is 0 Å². The zero-order valence-electron chi connectivity index (χ0n) is 12.0. The summed E-state index contributed by atoms with van der Waals surface area (Å²) < 4.78 is 5.40. The van der Waals surface area contributed by atoms with Crippen molar-refractivity contribution < 1.29 is 4.52 Å². The van der Waals surface area contributed by atoms with Crippen molar-refractivity contribution in [2.75, 3.05) is 13.1 Å². The van der Waals surface area contributed by atoms with Gasteiger partial charge in [0.15, 0.2) is 0 Å². The number of likely N-dealkylation sites (tertiary alicyclic amines) is 1. The second-order valence-electron chi connectivity index (χ2n) is 5.44. The Morgan fingerprint density at radius 3 is 2.73 bits per heavy atom. The highest BCUT2D eigenvalue weighted by molar-refractivity contribution is 5.51. The Bertz CT molecular complexity index is 737. The Morgan fingerprint density at radius 2 is 1.95 bits per heavy atom. The van der Waals surface area contributed by atoms with Crippen molar-refractivity contribution in [3.05, 3.63) is 60.5 Å². The van der Waals surface area contributed by atoms with Crippen LogP contribution < -0.4 is 0 Å². The van der Waals surface area contributed by atoms with Gasteiger partial charge >= 0.3 is 0 Å². The molecule has 1 aliphatic rings. The zero-order chi connectivity index (χ0) is 14.8. The number of rotatable bonds is 4. The minimum Gasteiger partial charge on any atom is -0.339 e. The van der Waals surface area contributed by atoms with Crippen LogP contribution >= 0.6 is 0 Å². The molecule has 0 N–H and O–H groups in total. The van der Waals surface area contributed by atoms with Gasteiger partial charge < -0.3 is 4.52 Å². The fraction of sp³-hybridized carbons (Fsp3) is 0.250. The summed E-state index contributed by atoms with van der Waals surface area (Å²) in [5.74, 6) is 1.64. The summed E-state index contributed by atoms with van der Waals surface area (Å²) in [6.45, 7) is 2.82. The third kappa shape index (κ3) is 2.60. The van der Waals surface area contributed by atoms with Gasteiger partial charge in [-0.15, -0.1) is 0 Å². The molecule has 1 saturated heterocycles. The molecule has 0 bridgehead atoms. The summed E-state index contributed by atoms with van der Waals surface area (Å²) in [6.07, 6.45) is 7.12. The topological polar surface area (TPSA) is 67.9 Å². The third-order valence-electron chi connectivity index (χ3n) is 3.82. The predicted molar refractivity (Wildman–Crippen MR) is 79.8 cm³/mol. The van der Waals surface area contributed by atoms with Crippen LogP contribution in [0.2, 0.25) is 0 Å². The molecule has 1 aliphatic heterocycles. The molecule has 22 heavy (non-hydrogen) atoms. The van der Waals surface area contributed by atoms with Gasteiger partial charge in [0.1, 0.15) is 0 Å². The molecule has 1 fully saturated rings. The summed E-state index contributed by atoms with van der Waals surface area (Å²) in [4.78, 5) is 15.0. The second kappa shape index (κ2) is 5.65. The van der Waals surface area contributed by atoms with E-state index in [0.717, 1.165) is 25.2 Å². The predicted octanol–water partition coefficient (Wildman–Crippen LogP) is 2.13. The first kappa shape index (κ1) is 13.1. The monoisotopic (exact) mass is 293 g/mol. The van der Waals surface area contributed by atoms with Crippen LogP contribution in [0.4, 0.5) is 0 Å². The summed E-state index contributed by atoms with van der Waals surface area (Å²) >= 11 is 0. The first-order valence-electron chi connectivity index (χ1n) is 7.24. The van der Waals surface area contributed by atoms with Gasteiger partial charge in [-0.1, -0.05) is 5.16 Å². The standard InChI is InChI=1S/C16H15N5O/c1-2-13(8-18-5-1)15-19-16(22-20-15)14-10-21(11-14)9-12-3-6-17-7-4-12/h1-8,14H,9-11H2. The molecular formula is C16H15N5O. The molecule has 4 heterocycles. The maximum atomic E-state index is 5.40. The van der Waals surface area contributed by atoms with E-state index in [9.17, 15) is 0 Å². The molecule has 3 aromatic heterocycles. The van der Waals surface area contributed by atoms with Crippen molar-refractivity contribution in [1.29, 1.82) is 0 Å². The number of hydrogen-bond donors (Lipinski definition) is 0. The lowest BCUT2D eigenvalue weighted by molar-refractivity contribution is 0.117. The van der Waals surface area contributed by atoms with E-state index in [1.54, 1.807) is 12.4 Å². The molecule has 0 aliphatic carbocycles. The van der Waals surface area contributed by atoms with Crippen molar-refractivity contribution in [1.82, 2.24) is 25.0 Å². The highest BCUT2D eigenvalue weighted by Gasteiger charge is 2.32. The fourth-order valence-corrected chi connectivity index (χ4v) is 2.61. The van der Waals surface area contributed by atoms with E-state index in [4.69, 9.17) is 4.52 Å². The molecule has 110 valence electrons. The highest BCUT2D eigenvalue weighted by atomic mass is 16.5.